The van der Waals surface area contributed by atoms with E-state index < -0.39 is 0 Å². The van der Waals surface area contributed by atoms with Crippen LogP contribution in [0.3, 0.4) is 0 Å². The van der Waals surface area contributed by atoms with Crippen molar-refractivity contribution in [3.63, 3.8) is 0 Å². The van der Waals surface area contributed by atoms with E-state index in [1.807, 2.05) is 134 Å². The molecule has 8 nitrogen and oxygen atoms in total. The first-order chi connectivity index (χ1) is 29.7. The molecule has 60 heavy (non-hydrogen) atoms. The van der Waals surface area contributed by atoms with E-state index in [4.69, 9.17) is 26.5 Å². The molecule has 4 heterocycles. The number of aromatic nitrogens is 6. The first-order valence-corrected chi connectivity index (χ1v) is 19.5. The number of nitriles is 1. The van der Waals surface area contributed by atoms with Crippen molar-refractivity contribution in [2.75, 3.05) is 0 Å². The van der Waals surface area contributed by atoms with E-state index in [0.717, 1.165) is 82.9 Å². The minimum absolute atomic E-state index is 0.526. The lowest BCUT2D eigenvalue weighted by Crippen LogP contribution is -2.04. The molecular formula is C52H30N8. The van der Waals surface area contributed by atoms with Crippen molar-refractivity contribution in [1.29, 1.82) is 5.26 Å². The second-order valence-electron chi connectivity index (χ2n) is 14.5. The van der Waals surface area contributed by atoms with Gasteiger partial charge in [0.2, 0.25) is 0 Å². The minimum atomic E-state index is 0.526. The molecule has 8 heteroatoms. The number of fused-ring (bicyclic) bond motifs is 6. The van der Waals surface area contributed by atoms with E-state index in [0.29, 0.717) is 28.7 Å². The van der Waals surface area contributed by atoms with Gasteiger partial charge in [0.25, 0.3) is 0 Å². The second kappa shape index (κ2) is 14.0. The molecule has 0 aliphatic carbocycles. The number of benzene rings is 7. The molecule has 11 aromatic rings. The Labute approximate surface area is 344 Å². The Kier molecular flexibility index (Phi) is 8.07. The average Bonchev–Trinajstić information content (AvgIpc) is 3.83. The smallest absolute Gasteiger partial charge is 0.188 e. The lowest BCUT2D eigenvalue weighted by atomic mass is 10.0. The molecule has 4 aromatic heterocycles. The normalized spacial score (nSPS) is 11.3. The molecule has 0 unspecified atom stereocenters. The summed E-state index contributed by atoms with van der Waals surface area (Å²) in [5.74, 6) is 1.67. The fourth-order valence-corrected chi connectivity index (χ4v) is 8.37. The third-order valence-electron chi connectivity index (χ3n) is 11.1. The lowest BCUT2D eigenvalue weighted by molar-refractivity contribution is 1.07. The molecular weight excluding hydrogens is 737 g/mol. The zero-order valence-electron chi connectivity index (χ0n) is 31.9. The molecule has 0 saturated heterocycles. The first-order valence-electron chi connectivity index (χ1n) is 19.5. The summed E-state index contributed by atoms with van der Waals surface area (Å²) in [6.45, 7) is 7.79. The van der Waals surface area contributed by atoms with Gasteiger partial charge in [-0.05, 0) is 78.2 Å². The van der Waals surface area contributed by atoms with Gasteiger partial charge in [-0.15, -0.1) is 0 Å². The Morgan fingerprint density at radius 1 is 0.467 bits per heavy atom. The summed E-state index contributed by atoms with van der Waals surface area (Å²) in [5, 5.41) is 13.9. The third kappa shape index (κ3) is 5.60. The molecule has 0 N–H and O–H groups in total. The van der Waals surface area contributed by atoms with Gasteiger partial charge in [-0.3, -0.25) is 4.98 Å². The Balaban J connectivity index is 1.23. The van der Waals surface area contributed by atoms with Gasteiger partial charge in [-0.25, -0.2) is 19.8 Å². The van der Waals surface area contributed by atoms with Gasteiger partial charge in [0, 0.05) is 44.6 Å². The monoisotopic (exact) mass is 766 g/mol. The van der Waals surface area contributed by atoms with Gasteiger partial charge < -0.3 is 9.13 Å². The lowest BCUT2D eigenvalue weighted by Gasteiger charge is -2.19. The molecule has 0 radical (unpaired) electrons. The highest BCUT2D eigenvalue weighted by atomic mass is 15.0. The van der Waals surface area contributed by atoms with Crippen LogP contribution in [-0.2, 0) is 0 Å². The summed E-state index contributed by atoms with van der Waals surface area (Å²) in [6, 6.07) is 60.9. The van der Waals surface area contributed by atoms with Gasteiger partial charge >= 0.3 is 0 Å². The van der Waals surface area contributed by atoms with Crippen LogP contribution in [0.15, 0.2) is 182 Å². The van der Waals surface area contributed by atoms with Crippen LogP contribution in [0, 0.1) is 17.9 Å². The van der Waals surface area contributed by atoms with Gasteiger partial charge in [-0.2, -0.15) is 5.26 Å². The van der Waals surface area contributed by atoms with Crippen LogP contribution in [0.4, 0.5) is 5.69 Å². The largest absolute Gasteiger partial charge is 0.309 e. The summed E-state index contributed by atoms with van der Waals surface area (Å²) < 4.78 is 4.50. The van der Waals surface area contributed by atoms with Gasteiger partial charge in [0.05, 0.1) is 57.3 Å². The average molecular weight is 767 g/mol. The molecule has 0 fully saturated rings. The highest BCUT2D eigenvalue weighted by Gasteiger charge is 2.23. The molecule has 0 spiro atoms. The standard InChI is InChI=1S/C52H30N8/c1-54-37-24-27-46-41(31-37)39-18-9-10-19-43(39)59(46)47-26-23-36(52-57-50(34-13-4-2-5-14-34)56-51(58-52)35-15-6-3-7-16-35)30-42(47)49-48(21-12-28-55-49)60-44-20-11-8-17-38(44)40-29-33(32-53)22-25-45(40)60/h2-31H. The maximum absolute atomic E-state index is 9.87. The molecule has 7 aromatic carbocycles. The van der Waals surface area contributed by atoms with Crippen molar-refractivity contribution in [2.24, 2.45) is 0 Å². The van der Waals surface area contributed by atoms with Crippen LogP contribution in [0.5, 0.6) is 0 Å². The molecule has 0 aliphatic heterocycles. The Morgan fingerprint density at radius 2 is 1.02 bits per heavy atom. The van der Waals surface area contributed by atoms with E-state index in [-0.39, 0.29) is 0 Å². The SMILES string of the molecule is [C-]#[N+]c1ccc2c(c1)c1ccccc1n2-c1ccc(-c2nc(-c3ccccc3)nc(-c3ccccc3)n2)cc1-c1ncccc1-n1c2ccccc2c2cc(C#N)ccc21. The number of hydrogen-bond acceptors (Lipinski definition) is 5. The molecule has 0 bridgehead atoms. The number of para-hydroxylation sites is 2. The van der Waals surface area contributed by atoms with Crippen LogP contribution >= 0.6 is 0 Å². The first kappa shape index (κ1) is 34.5. The molecule has 0 atom stereocenters. The summed E-state index contributed by atoms with van der Waals surface area (Å²) in [7, 11) is 0. The summed E-state index contributed by atoms with van der Waals surface area (Å²) in [4.78, 5) is 24.1. The molecule has 0 amide bonds. The van der Waals surface area contributed by atoms with E-state index in [9.17, 15) is 5.26 Å². The summed E-state index contributed by atoms with van der Waals surface area (Å²) >= 11 is 0. The Morgan fingerprint density at radius 3 is 1.65 bits per heavy atom. The quantitative estimate of drug-likeness (QED) is 0.157. The van der Waals surface area contributed by atoms with Gasteiger partial charge in [0.15, 0.2) is 23.2 Å². The fraction of sp³-hybridized carbons (Fsp3) is 0. The van der Waals surface area contributed by atoms with Crippen LogP contribution in [0.25, 0.3) is 105 Å². The highest BCUT2D eigenvalue weighted by molar-refractivity contribution is 6.12. The Bertz CT molecular complexity index is 3510. The third-order valence-corrected chi connectivity index (χ3v) is 11.1. The van der Waals surface area contributed by atoms with Crippen molar-refractivity contribution in [1.82, 2.24) is 29.1 Å². The van der Waals surface area contributed by atoms with Crippen LogP contribution in [-0.4, -0.2) is 29.1 Å². The van der Waals surface area contributed by atoms with Crippen molar-refractivity contribution >= 4 is 49.3 Å². The van der Waals surface area contributed by atoms with Crippen molar-refractivity contribution in [3.8, 4) is 62.9 Å². The topological polar surface area (TPSA) is 89.6 Å². The van der Waals surface area contributed by atoms with Gasteiger partial charge in [0.1, 0.15) is 0 Å². The zero-order chi connectivity index (χ0) is 40.2. The van der Waals surface area contributed by atoms with E-state index in [1.165, 1.54) is 0 Å². The minimum Gasteiger partial charge on any atom is -0.309 e. The van der Waals surface area contributed by atoms with Gasteiger partial charge in [-0.1, -0.05) is 103 Å². The van der Waals surface area contributed by atoms with Crippen LogP contribution in [0.1, 0.15) is 5.56 Å². The highest BCUT2D eigenvalue weighted by Crippen LogP contribution is 2.42. The zero-order valence-corrected chi connectivity index (χ0v) is 31.9. The second-order valence-corrected chi connectivity index (χ2v) is 14.5. The Hall–Kier alpha value is -8.72. The van der Waals surface area contributed by atoms with E-state index in [1.54, 1.807) is 0 Å². The van der Waals surface area contributed by atoms with E-state index in [2.05, 4.69) is 68.6 Å². The van der Waals surface area contributed by atoms with Crippen molar-refractivity contribution in [3.05, 3.63) is 199 Å². The van der Waals surface area contributed by atoms with E-state index >= 15 is 0 Å². The predicted octanol–water partition coefficient (Wildman–Crippen LogP) is 12.6. The molecule has 0 aliphatic rings. The predicted molar refractivity (Wildman–Crippen MR) is 239 cm³/mol. The van der Waals surface area contributed by atoms with Crippen molar-refractivity contribution < 1.29 is 0 Å². The van der Waals surface area contributed by atoms with Crippen LogP contribution in [0.2, 0.25) is 0 Å². The number of pyridine rings is 1. The number of nitrogens with zero attached hydrogens (tertiary/aromatic N) is 8. The molecule has 11 rings (SSSR count). The van der Waals surface area contributed by atoms with Crippen LogP contribution < -0.4 is 0 Å². The fourth-order valence-electron chi connectivity index (χ4n) is 8.37. The number of hydrogen-bond donors (Lipinski definition) is 0. The summed E-state index contributed by atoms with van der Waals surface area (Å²) in [5.41, 5.74) is 11.0. The number of rotatable bonds is 6. The maximum Gasteiger partial charge on any atom is 0.188 e. The molecule has 0 saturated carbocycles. The molecule has 278 valence electrons. The van der Waals surface area contributed by atoms with Crippen molar-refractivity contribution in [2.45, 2.75) is 0 Å². The summed E-state index contributed by atoms with van der Waals surface area (Å²) in [6.07, 6.45) is 1.83. The maximum atomic E-state index is 9.87.